The Morgan fingerprint density at radius 1 is 1.50 bits per heavy atom. The van der Waals surface area contributed by atoms with Crippen LogP contribution in [0.3, 0.4) is 0 Å². The SMILES string of the molecule is O=C(CC1CCNCC1)NN=Cc1ccn(CC(F)(F)F)n1. The Hall–Kier alpha value is -1.90. The molecule has 1 aliphatic rings. The number of aromatic nitrogens is 2. The molecule has 0 bridgehead atoms. The second-order valence-electron chi connectivity index (χ2n) is 5.24. The van der Waals surface area contributed by atoms with Crippen molar-refractivity contribution in [3.8, 4) is 0 Å². The van der Waals surface area contributed by atoms with Crippen LogP contribution in [0.15, 0.2) is 17.4 Å². The van der Waals surface area contributed by atoms with E-state index in [4.69, 9.17) is 0 Å². The molecule has 9 heteroatoms. The van der Waals surface area contributed by atoms with Crippen molar-refractivity contribution >= 4 is 12.1 Å². The molecule has 1 aromatic rings. The Labute approximate surface area is 125 Å². The predicted octanol–water partition coefficient (Wildman–Crippen LogP) is 1.29. The molecule has 1 aromatic heterocycles. The molecule has 122 valence electrons. The molecular formula is C13H18F3N5O. The summed E-state index contributed by atoms with van der Waals surface area (Å²) in [7, 11) is 0. The van der Waals surface area contributed by atoms with E-state index in [9.17, 15) is 18.0 Å². The van der Waals surface area contributed by atoms with Gasteiger partial charge < -0.3 is 5.32 Å². The molecule has 0 aliphatic carbocycles. The summed E-state index contributed by atoms with van der Waals surface area (Å²) in [6.45, 7) is 0.679. The van der Waals surface area contributed by atoms with E-state index < -0.39 is 12.7 Å². The van der Waals surface area contributed by atoms with Crippen LogP contribution in [-0.4, -0.2) is 41.2 Å². The summed E-state index contributed by atoms with van der Waals surface area (Å²) in [5.41, 5.74) is 2.63. The van der Waals surface area contributed by atoms with Gasteiger partial charge in [0, 0.05) is 12.6 Å². The summed E-state index contributed by atoms with van der Waals surface area (Å²) in [4.78, 5) is 11.7. The van der Waals surface area contributed by atoms with E-state index in [0.717, 1.165) is 30.6 Å². The first-order chi connectivity index (χ1) is 10.4. The van der Waals surface area contributed by atoms with E-state index in [1.165, 1.54) is 18.5 Å². The van der Waals surface area contributed by atoms with Crippen molar-refractivity contribution in [1.29, 1.82) is 0 Å². The number of nitrogens with zero attached hydrogens (tertiary/aromatic N) is 3. The van der Waals surface area contributed by atoms with Crippen LogP contribution in [0.25, 0.3) is 0 Å². The largest absolute Gasteiger partial charge is 0.408 e. The van der Waals surface area contributed by atoms with Crippen LogP contribution in [0, 0.1) is 5.92 Å². The summed E-state index contributed by atoms with van der Waals surface area (Å²) >= 11 is 0. The second kappa shape index (κ2) is 7.39. The van der Waals surface area contributed by atoms with Gasteiger partial charge in [0.1, 0.15) is 12.2 Å². The number of hydrogen-bond acceptors (Lipinski definition) is 4. The van der Waals surface area contributed by atoms with Gasteiger partial charge in [-0.3, -0.25) is 9.48 Å². The molecule has 0 atom stereocenters. The minimum Gasteiger partial charge on any atom is -0.317 e. The van der Waals surface area contributed by atoms with E-state index in [0.29, 0.717) is 12.3 Å². The molecule has 6 nitrogen and oxygen atoms in total. The Morgan fingerprint density at radius 2 is 2.23 bits per heavy atom. The molecule has 1 amide bonds. The first kappa shape index (κ1) is 16.5. The van der Waals surface area contributed by atoms with E-state index in [1.807, 2.05) is 0 Å². The number of amides is 1. The number of hydrazone groups is 1. The molecule has 1 saturated heterocycles. The Bertz CT molecular complexity index is 520. The van der Waals surface area contributed by atoms with Crippen LogP contribution in [0.4, 0.5) is 13.2 Å². The maximum atomic E-state index is 12.2. The number of piperidine rings is 1. The fraction of sp³-hybridized carbons (Fsp3) is 0.615. The molecule has 0 aromatic carbocycles. The van der Waals surface area contributed by atoms with Crippen LogP contribution in [0.1, 0.15) is 25.0 Å². The van der Waals surface area contributed by atoms with Gasteiger partial charge >= 0.3 is 6.18 Å². The summed E-state index contributed by atoms with van der Waals surface area (Å²) in [5.74, 6) is 0.153. The minimum absolute atomic E-state index is 0.196. The van der Waals surface area contributed by atoms with Gasteiger partial charge in [-0.05, 0) is 37.9 Å². The van der Waals surface area contributed by atoms with Gasteiger partial charge in [0.25, 0.3) is 0 Å². The number of rotatable bonds is 5. The number of carbonyl (C=O) groups excluding carboxylic acids is 1. The number of halogens is 3. The molecular weight excluding hydrogens is 299 g/mol. The molecule has 0 radical (unpaired) electrons. The maximum absolute atomic E-state index is 12.2. The van der Waals surface area contributed by atoms with Gasteiger partial charge in [0.2, 0.25) is 5.91 Å². The van der Waals surface area contributed by atoms with Crippen molar-refractivity contribution in [2.45, 2.75) is 32.0 Å². The van der Waals surface area contributed by atoms with Crippen LogP contribution in [0.2, 0.25) is 0 Å². The average molecular weight is 317 g/mol. The highest BCUT2D eigenvalue weighted by atomic mass is 19.4. The predicted molar refractivity (Wildman–Crippen MR) is 74.2 cm³/mol. The fourth-order valence-corrected chi connectivity index (χ4v) is 2.28. The highest BCUT2D eigenvalue weighted by Crippen LogP contribution is 2.17. The van der Waals surface area contributed by atoms with E-state index >= 15 is 0 Å². The topological polar surface area (TPSA) is 71.3 Å². The normalized spacial score (nSPS) is 17.0. The Kier molecular flexibility index (Phi) is 5.53. The van der Waals surface area contributed by atoms with Crippen molar-refractivity contribution in [3.05, 3.63) is 18.0 Å². The number of alkyl halides is 3. The van der Waals surface area contributed by atoms with Gasteiger partial charge in [-0.25, -0.2) is 5.43 Å². The van der Waals surface area contributed by atoms with Gasteiger partial charge in [0.05, 0.1) is 6.21 Å². The molecule has 1 fully saturated rings. The first-order valence-corrected chi connectivity index (χ1v) is 7.05. The second-order valence-corrected chi connectivity index (χ2v) is 5.24. The van der Waals surface area contributed by atoms with Crippen molar-refractivity contribution in [2.75, 3.05) is 13.1 Å². The zero-order valence-corrected chi connectivity index (χ0v) is 11.9. The molecule has 2 N–H and O–H groups in total. The third-order valence-corrected chi connectivity index (χ3v) is 3.32. The summed E-state index contributed by atoms with van der Waals surface area (Å²) in [6.07, 6.45) is 0.446. The maximum Gasteiger partial charge on any atom is 0.408 e. The molecule has 0 saturated carbocycles. The quantitative estimate of drug-likeness (QED) is 0.635. The molecule has 22 heavy (non-hydrogen) atoms. The molecule has 1 aliphatic heterocycles. The van der Waals surface area contributed by atoms with Crippen molar-refractivity contribution in [3.63, 3.8) is 0 Å². The first-order valence-electron chi connectivity index (χ1n) is 7.05. The summed E-state index contributed by atoms with van der Waals surface area (Å²) in [5, 5.41) is 10.6. The van der Waals surface area contributed by atoms with Gasteiger partial charge in [-0.2, -0.15) is 23.4 Å². The fourth-order valence-electron chi connectivity index (χ4n) is 2.28. The summed E-state index contributed by atoms with van der Waals surface area (Å²) in [6, 6.07) is 1.40. The van der Waals surface area contributed by atoms with Gasteiger partial charge in [-0.1, -0.05) is 0 Å². The van der Waals surface area contributed by atoms with E-state index in [-0.39, 0.29) is 11.6 Å². The van der Waals surface area contributed by atoms with Crippen molar-refractivity contribution in [2.24, 2.45) is 11.0 Å². The third-order valence-electron chi connectivity index (χ3n) is 3.32. The van der Waals surface area contributed by atoms with Crippen molar-refractivity contribution < 1.29 is 18.0 Å². The highest BCUT2D eigenvalue weighted by molar-refractivity contribution is 5.80. The third kappa shape index (κ3) is 5.84. The lowest BCUT2D eigenvalue weighted by atomic mass is 9.94. The Morgan fingerprint density at radius 3 is 2.91 bits per heavy atom. The van der Waals surface area contributed by atoms with Crippen LogP contribution < -0.4 is 10.7 Å². The van der Waals surface area contributed by atoms with E-state index in [1.54, 1.807) is 0 Å². The summed E-state index contributed by atoms with van der Waals surface area (Å²) < 4.78 is 37.3. The van der Waals surface area contributed by atoms with Crippen molar-refractivity contribution in [1.82, 2.24) is 20.5 Å². The minimum atomic E-state index is -4.32. The molecule has 0 unspecified atom stereocenters. The van der Waals surface area contributed by atoms with E-state index in [2.05, 4.69) is 20.9 Å². The zero-order valence-electron chi connectivity index (χ0n) is 11.9. The highest BCUT2D eigenvalue weighted by Gasteiger charge is 2.28. The van der Waals surface area contributed by atoms with Gasteiger partial charge in [-0.15, -0.1) is 0 Å². The lowest BCUT2D eigenvalue weighted by Gasteiger charge is -2.21. The monoisotopic (exact) mass is 317 g/mol. The van der Waals surface area contributed by atoms with Crippen LogP contribution >= 0.6 is 0 Å². The smallest absolute Gasteiger partial charge is 0.317 e. The molecule has 2 heterocycles. The lowest BCUT2D eigenvalue weighted by molar-refractivity contribution is -0.142. The van der Waals surface area contributed by atoms with Crippen LogP contribution in [-0.2, 0) is 11.3 Å². The Balaban J connectivity index is 1.76. The number of hydrogen-bond donors (Lipinski definition) is 2. The molecule has 2 rings (SSSR count). The average Bonchev–Trinajstić information content (AvgIpc) is 2.85. The van der Waals surface area contributed by atoms with Gasteiger partial charge in [0.15, 0.2) is 0 Å². The molecule has 0 spiro atoms. The number of carbonyl (C=O) groups is 1. The lowest BCUT2D eigenvalue weighted by Crippen LogP contribution is -2.31. The number of nitrogens with one attached hydrogen (secondary N) is 2. The zero-order chi connectivity index (χ0) is 16.0. The van der Waals surface area contributed by atoms with Crippen LogP contribution in [0.5, 0.6) is 0 Å². The standard InChI is InChI=1S/C13H18F3N5O/c14-13(15,16)9-21-6-3-11(20-21)8-18-19-12(22)7-10-1-4-17-5-2-10/h3,6,8,10,17H,1-2,4-5,7,9H2,(H,19,22).